The second-order valence-corrected chi connectivity index (χ2v) is 1.35. The van der Waals surface area contributed by atoms with Crippen LogP contribution in [0.2, 0.25) is 0 Å². The predicted molar refractivity (Wildman–Crippen MR) is 39.2 cm³/mol. The van der Waals surface area contributed by atoms with E-state index in [-0.39, 0.29) is 0 Å². The minimum absolute atomic E-state index is 0.568. The molecular weight excluding hydrogens is 302 g/mol. The standard InChI is InChI=1S/C6H3F2.HI.Zn/c7-5-2-1-3-6(8)4-5;;/h1-2,4H;1H;/q-1;;+2/p-1. The Balaban J connectivity index is 0.000000371. The molecule has 10 heavy (non-hydrogen) atoms. The quantitative estimate of drug-likeness (QED) is 0.393. The number of hydrogen-bond acceptors (Lipinski definition) is 0. The summed E-state index contributed by atoms with van der Waals surface area (Å²) in [5, 5.41) is 0. The molecule has 1 aromatic carbocycles. The van der Waals surface area contributed by atoms with Crippen LogP contribution in [0.25, 0.3) is 0 Å². The summed E-state index contributed by atoms with van der Waals surface area (Å²) in [6, 6.07) is 5.28. The Morgan fingerprint density at radius 3 is 2.30 bits per heavy atom. The molecule has 0 atom stereocenters. The van der Waals surface area contributed by atoms with Crippen molar-refractivity contribution in [2.24, 2.45) is 0 Å². The van der Waals surface area contributed by atoms with Crippen LogP contribution in [0.5, 0.6) is 0 Å². The third-order valence-corrected chi connectivity index (χ3v) is 0.728. The Morgan fingerprint density at radius 2 is 2.00 bits per heavy atom. The van der Waals surface area contributed by atoms with Crippen molar-refractivity contribution in [3.8, 4) is 0 Å². The van der Waals surface area contributed by atoms with E-state index in [1.165, 1.54) is 20.9 Å². The van der Waals surface area contributed by atoms with Gasteiger partial charge in [0.25, 0.3) is 0 Å². The number of benzene rings is 1. The fourth-order valence-electron chi connectivity index (χ4n) is 0.412. The Hall–Kier alpha value is 0.433. The topological polar surface area (TPSA) is 0 Å². The molecule has 0 aliphatic rings. The molecule has 0 aliphatic heterocycles. The first-order chi connectivity index (χ1) is 4.79. The maximum atomic E-state index is 11.9. The summed E-state index contributed by atoms with van der Waals surface area (Å²) in [6.45, 7) is 0. The third-order valence-electron chi connectivity index (χ3n) is 0.728. The minimum atomic E-state index is -0.662. The molecule has 0 heterocycles. The molecule has 4 heteroatoms. The van der Waals surface area contributed by atoms with E-state index >= 15 is 0 Å². The molecule has 0 amide bonds. The van der Waals surface area contributed by atoms with Crippen LogP contribution in [0.3, 0.4) is 0 Å². The molecule has 0 aliphatic carbocycles. The van der Waals surface area contributed by atoms with Crippen LogP contribution in [0.15, 0.2) is 18.2 Å². The molecule has 0 fully saturated rings. The fourth-order valence-corrected chi connectivity index (χ4v) is 0.412. The van der Waals surface area contributed by atoms with Crippen LogP contribution in [-0.2, 0) is 14.8 Å². The van der Waals surface area contributed by atoms with E-state index in [1.54, 1.807) is 0 Å². The molecule has 0 spiro atoms. The Labute approximate surface area is 78.9 Å². The van der Waals surface area contributed by atoms with E-state index in [0.29, 0.717) is 0 Å². The first-order valence-electron chi connectivity index (χ1n) is 2.38. The molecule has 0 unspecified atom stereocenters. The van der Waals surface area contributed by atoms with Gasteiger partial charge in [-0.1, -0.05) is 0 Å². The Morgan fingerprint density at radius 1 is 1.40 bits per heavy atom. The summed E-state index contributed by atoms with van der Waals surface area (Å²) < 4.78 is 23.8. The molecule has 0 nitrogen and oxygen atoms in total. The summed E-state index contributed by atoms with van der Waals surface area (Å²) in [6.07, 6.45) is 0. The molecule has 0 N–H and O–H groups in total. The van der Waals surface area contributed by atoms with Crippen LogP contribution in [0.1, 0.15) is 0 Å². The van der Waals surface area contributed by atoms with Gasteiger partial charge >= 0.3 is 34.5 Å². The second-order valence-electron chi connectivity index (χ2n) is 1.35. The Bertz CT molecular complexity index is 176. The number of halogens is 3. The molecule has 0 radical (unpaired) electrons. The van der Waals surface area contributed by atoms with Gasteiger partial charge in [0, 0.05) is 11.6 Å². The molecule has 0 aromatic heterocycles. The normalized spacial score (nSPS) is 8.10. The third kappa shape index (κ3) is 4.28. The zero-order chi connectivity index (χ0) is 7.98. The first kappa shape index (κ1) is 10.4. The summed E-state index contributed by atoms with van der Waals surface area (Å²) in [5.74, 6) is -1.23. The van der Waals surface area contributed by atoms with Gasteiger partial charge < -0.3 is 0 Å². The molecule has 0 saturated heterocycles. The van der Waals surface area contributed by atoms with E-state index < -0.39 is 11.6 Å². The van der Waals surface area contributed by atoms with Gasteiger partial charge in [-0.15, -0.1) is 18.2 Å². The van der Waals surface area contributed by atoms with Crippen molar-refractivity contribution < 1.29 is 23.6 Å². The van der Waals surface area contributed by atoms with Crippen molar-refractivity contribution in [1.82, 2.24) is 0 Å². The molecule has 0 bridgehead atoms. The van der Waals surface area contributed by atoms with Crippen molar-refractivity contribution in [3.63, 3.8) is 0 Å². The molecule has 1 rings (SSSR count). The molecule has 1 aromatic rings. The van der Waals surface area contributed by atoms with Crippen molar-refractivity contribution in [1.29, 1.82) is 0 Å². The average molecular weight is 305 g/mol. The SMILES string of the molecule is Fc1[c-]ccc(F)c1.[Zn+][I]. The fraction of sp³-hybridized carbons (Fsp3) is 0. The monoisotopic (exact) mass is 304 g/mol. The predicted octanol–water partition coefficient (Wildman–Crippen LogP) is 2.65. The zero-order valence-corrected chi connectivity index (χ0v) is 10.2. The number of rotatable bonds is 0. The van der Waals surface area contributed by atoms with E-state index in [2.05, 4.69) is 25.8 Å². The zero-order valence-electron chi connectivity index (χ0n) is 5.07. The van der Waals surface area contributed by atoms with Crippen molar-refractivity contribution in [2.45, 2.75) is 0 Å². The molecule has 50 valence electrons. The van der Waals surface area contributed by atoms with Gasteiger partial charge in [0.2, 0.25) is 0 Å². The van der Waals surface area contributed by atoms with E-state index in [1.807, 2.05) is 0 Å². The second kappa shape index (κ2) is 6.16. The van der Waals surface area contributed by atoms with Crippen molar-refractivity contribution in [2.75, 3.05) is 0 Å². The average Bonchev–Trinajstić information content (AvgIpc) is 1.91. The van der Waals surface area contributed by atoms with Gasteiger partial charge in [-0.25, -0.2) is 8.78 Å². The van der Waals surface area contributed by atoms with Crippen LogP contribution >= 0.6 is 19.8 Å². The van der Waals surface area contributed by atoms with Gasteiger partial charge in [0.1, 0.15) is 0 Å². The van der Waals surface area contributed by atoms with Gasteiger partial charge in [-0.2, -0.15) is 6.07 Å². The molecular formula is C6H3F2IZn. The first-order valence-corrected chi connectivity index (χ1v) is 11.4. The summed E-state index contributed by atoms with van der Waals surface area (Å²) in [4.78, 5) is 0. The van der Waals surface area contributed by atoms with Crippen LogP contribution in [0.4, 0.5) is 8.78 Å². The maximum absolute atomic E-state index is 11.9. The number of hydrogen-bond donors (Lipinski definition) is 0. The van der Waals surface area contributed by atoms with E-state index in [0.717, 1.165) is 12.1 Å². The van der Waals surface area contributed by atoms with Crippen LogP contribution < -0.4 is 0 Å². The van der Waals surface area contributed by atoms with Crippen molar-refractivity contribution >= 4 is 19.8 Å². The summed E-state index contributed by atoms with van der Waals surface area (Å²) in [5.41, 5.74) is 0. The van der Waals surface area contributed by atoms with Crippen LogP contribution in [-0.4, -0.2) is 0 Å². The van der Waals surface area contributed by atoms with Gasteiger partial charge in [0.05, 0.1) is 0 Å². The summed E-state index contributed by atoms with van der Waals surface area (Å²) in [7, 11) is 0. The Kier molecular flexibility index (Phi) is 6.43. The van der Waals surface area contributed by atoms with Crippen LogP contribution in [0, 0.1) is 17.7 Å². The van der Waals surface area contributed by atoms with E-state index in [9.17, 15) is 8.78 Å². The van der Waals surface area contributed by atoms with E-state index in [4.69, 9.17) is 0 Å². The van der Waals surface area contributed by atoms with Crippen molar-refractivity contribution in [3.05, 3.63) is 35.9 Å². The molecule has 0 saturated carbocycles. The van der Waals surface area contributed by atoms with Gasteiger partial charge in [-0.05, 0) is 0 Å². The van der Waals surface area contributed by atoms with Gasteiger partial charge in [-0.3, -0.25) is 0 Å². The van der Waals surface area contributed by atoms with Gasteiger partial charge in [0.15, 0.2) is 0 Å². The summed E-state index contributed by atoms with van der Waals surface area (Å²) >= 11 is 3.62.